The summed E-state index contributed by atoms with van der Waals surface area (Å²) in [6.45, 7) is 9.69. The zero-order valence-electron chi connectivity index (χ0n) is 9.92. The van der Waals surface area contributed by atoms with Crippen molar-refractivity contribution in [2.75, 3.05) is 6.54 Å². The molecule has 0 saturated carbocycles. The Balaban J connectivity index is 2.85. The maximum absolute atomic E-state index is 4.37. The molecule has 0 aliphatic rings. The molecule has 3 nitrogen and oxygen atoms in total. The highest BCUT2D eigenvalue weighted by atomic mass is 79.9. The fourth-order valence-corrected chi connectivity index (χ4v) is 2.24. The summed E-state index contributed by atoms with van der Waals surface area (Å²) < 4.78 is 3.16. The quantitative estimate of drug-likeness (QED) is 0.893. The summed E-state index contributed by atoms with van der Waals surface area (Å²) in [5.41, 5.74) is 1.23. The molecule has 0 spiro atoms. The predicted octanol–water partition coefficient (Wildman–Crippen LogP) is 3.29. The van der Waals surface area contributed by atoms with Crippen molar-refractivity contribution in [1.82, 2.24) is 15.1 Å². The molecule has 0 bridgehead atoms. The average Bonchev–Trinajstić information content (AvgIpc) is 2.56. The molecule has 1 unspecified atom stereocenters. The third-order valence-corrected chi connectivity index (χ3v) is 3.00. The molecule has 1 rings (SSSR count). The molecule has 15 heavy (non-hydrogen) atoms. The maximum Gasteiger partial charge on any atom is 0.0695 e. The lowest BCUT2D eigenvalue weighted by atomic mass is 10.2. The van der Waals surface area contributed by atoms with E-state index in [-0.39, 0.29) is 0 Å². The minimum atomic E-state index is 0.337. The van der Waals surface area contributed by atoms with Crippen molar-refractivity contribution in [3.05, 3.63) is 16.4 Å². The van der Waals surface area contributed by atoms with Crippen molar-refractivity contribution in [3.8, 4) is 0 Å². The molecule has 0 aromatic carbocycles. The molecule has 0 aliphatic heterocycles. The molecule has 0 amide bonds. The van der Waals surface area contributed by atoms with Crippen LogP contribution < -0.4 is 5.32 Å². The van der Waals surface area contributed by atoms with E-state index in [4.69, 9.17) is 0 Å². The van der Waals surface area contributed by atoms with Gasteiger partial charge in [-0.05, 0) is 49.7 Å². The topological polar surface area (TPSA) is 29.9 Å². The number of nitrogens with one attached hydrogen (secondary N) is 1. The largest absolute Gasteiger partial charge is 0.309 e. The van der Waals surface area contributed by atoms with Crippen LogP contribution in [-0.4, -0.2) is 16.3 Å². The fourth-order valence-electron chi connectivity index (χ4n) is 1.62. The van der Waals surface area contributed by atoms with Gasteiger partial charge in [0.15, 0.2) is 0 Å². The van der Waals surface area contributed by atoms with Gasteiger partial charge in [0, 0.05) is 12.1 Å². The Morgan fingerprint density at radius 1 is 1.47 bits per heavy atom. The van der Waals surface area contributed by atoms with Crippen molar-refractivity contribution in [1.29, 1.82) is 0 Å². The summed E-state index contributed by atoms with van der Waals surface area (Å²) >= 11 is 3.55. The first-order chi connectivity index (χ1) is 7.07. The lowest BCUT2D eigenvalue weighted by Crippen LogP contribution is -2.23. The van der Waals surface area contributed by atoms with Gasteiger partial charge in [0.25, 0.3) is 0 Å². The van der Waals surface area contributed by atoms with E-state index in [0.29, 0.717) is 12.1 Å². The Morgan fingerprint density at radius 2 is 2.13 bits per heavy atom. The molecule has 4 heteroatoms. The summed E-state index contributed by atoms with van der Waals surface area (Å²) in [6.07, 6.45) is 3.03. The molecule has 1 N–H and O–H groups in total. The summed E-state index contributed by atoms with van der Waals surface area (Å²) in [5.74, 6) is 0. The van der Waals surface area contributed by atoms with Crippen LogP contribution in [0.3, 0.4) is 0 Å². The number of aromatic nitrogens is 2. The van der Waals surface area contributed by atoms with Crippen LogP contribution in [0.25, 0.3) is 0 Å². The monoisotopic (exact) mass is 273 g/mol. The summed E-state index contributed by atoms with van der Waals surface area (Å²) in [6, 6.07) is 0.737. The molecular formula is C11H20BrN3. The van der Waals surface area contributed by atoms with E-state index in [0.717, 1.165) is 17.4 Å². The Bertz CT molecular complexity index is 307. The molecule has 86 valence electrons. The molecule has 0 radical (unpaired) electrons. The lowest BCUT2D eigenvalue weighted by molar-refractivity contribution is 0.459. The molecule has 1 aromatic heterocycles. The van der Waals surface area contributed by atoms with Gasteiger partial charge >= 0.3 is 0 Å². The first kappa shape index (κ1) is 12.7. The van der Waals surface area contributed by atoms with Gasteiger partial charge in [-0.25, -0.2) is 0 Å². The summed E-state index contributed by atoms with van der Waals surface area (Å²) in [7, 11) is 0. The predicted molar refractivity (Wildman–Crippen MR) is 67.0 cm³/mol. The second-order valence-corrected chi connectivity index (χ2v) is 4.95. The van der Waals surface area contributed by atoms with Crippen LogP contribution in [0.4, 0.5) is 0 Å². The zero-order valence-corrected chi connectivity index (χ0v) is 11.5. The van der Waals surface area contributed by atoms with E-state index in [1.165, 1.54) is 5.69 Å². The lowest BCUT2D eigenvalue weighted by Gasteiger charge is -2.18. The molecule has 1 aromatic rings. The number of nitrogens with zero attached hydrogens (tertiary/aromatic N) is 2. The van der Waals surface area contributed by atoms with Gasteiger partial charge in [0.2, 0.25) is 0 Å². The van der Waals surface area contributed by atoms with Gasteiger partial charge in [-0.2, -0.15) is 5.10 Å². The fraction of sp³-hybridized carbons (Fsp3) is 0.727. The molecule has 1 atom stereocenters. The Morgan fingerprint density at radius 3 is 2.67 bits per heavy atom. The first-order valence-electron chi connectivity index (χ1n) is 5.54. The van der Waals surface area contributed by atoms with E-state index >= 15 is 0 Å². The van der Waals surface area contributed by atoms with Crippen LogP contribution >= 0.6 is 15.9 Å². The number of hydrogen-bond donors (Lipinski definition) is 1. The van der Waals surface area contributed by atoms with Gasteiger partial charge in [-0.15, -0.1) is 0 Å². The van der Waals surface area contributed by atoms with Crippen molar-refractivity contribution < 1.29 is 0 Å². The van der Waals surface area contributed by atoms with Gasteiger partial charge in [-0.3, -0.25) is 4.68 Å². The third kappa shape index (κ3) is 3.05. The van der Waals surface area contributed by atoms with E-state index in [1.807, 2.05) is 6.20 Å². The van der Waals surface area contributed by atoms with Crippen molar-refractivity contribution in [2.24, 2.45) is 0 Å². The van der Waals surface area contributed by atoms with Crippen LogP contribution in [-0.2, 0) is 0 Å². The van der Waals surface area contributed by atoms with Crippen molar-refractivity contribution >= 4 is 15.9 Å². The van der Waals surface area contributed by atoms with E-state index in [1.54, 1.807) is 0 Å². The zero-order chi connectivity index (χ0) is 11.4. The van der Waals surface area contributed by atoms with Gasteiger partial charge in [0.05, 0.1) is 16.4 Å². The van der Waals surface area contributed by atoms with Crippen LogP contribution in [0.15, 0.2) is 10.7 Å². The molecule has 0 fully saturated rings. The Labute approximate surface area is 100 Å². The number of halogens is 1. The first-order valence-corrected chi connectivity index (χ1v) is 6.33. The molecule has 0 aliphatic carbocycles. The smallest absolute Gasteiger partial charge is 0.0695 e. The second-order valence-electron chi connectivity index (χ2n) is 4.09. The SMILES string of the molecule is CCCNC(C)c1c(Br)cnn1C(C)C. The Hall–Kier alpha value is -0.350. The number of hydrogen-bond acceptors (Lipinski definition) is 2. The molecule has 1 heterocycles. The van der Waals surface area contributed by atoms with Crippen LogP contribution in [0.2, 0.25) is 0 Å². The van der Waals surface area contributed by atoms with E-state index < -0.39 is 0 Å². The van der Waals surface area contributed by atoms with E-state index in [9.17, 15) is 0 Å². The number of rotatable bonds is 5. The molecule has 0 saturated heterocycles. The highest BCUT2D eigenvalue weighted by Crippen LogP contribution is 2.25. The summed E-state index contributed by atoms with van der Waals surface area (Å²) in [4.78, 5) is 0. The highest BCUT2D eigenvalue weighted by Gasteiger charge is 2.16. The van der Waals surface area contributed by atoms with Crippen LogP contribution in [0.5, 0.6) is 0 Å². The average molecular weight is 274 g/mol. The second kappa shape index (κ2) is 5.66. The highest BCUT2D eigenvalue weighted by molar-refractivity contribution is 9.10. The minimum Gasteiger partial charge on any atom is -0.309 e. The third-order valence-electron chi connectivity index (χ3n) is 2.39. The van der Waals surface area contributed by atoms with Crippen molar-refractivity contribution in [3.63, 3.8) is 0 Å². The van der Waals surface area contributed by atoms with E-state index in [2.05, 4.69) is 58.7 Å². The van der Waals surface area contributed by atoms with Gasteiger partial charge < -0.3 is 5.32 Å². The van der Waals surface area contributed by atoms with Crippen LogP contribution in [0, 0.1) is 0 Å². The van der Waals surface area contributed by atoms with Gasteiger partial charge in [-0.1, -0.05) is 6.92 Å². The molecular weight excluding hydrogens is 254 g/mol. The standard InChI is InChI=1S/C11H20BrN3/c1-5-6-13-9(4)11-10(12)7-14-15(11)8(2)3/h7-9,13H,5-6H2,1-4H3. The Kier molecular flexibility index (Phi) is 4.80. The maximum atomic E-state index is 4.37. The van der Waals surface area contributed by atoms with Crippen LogP contribution in [0.1, 0.15) is 51.9 Å². The normalized spacial score (nSPS) is 13.5. The summed E-state index contributed by atoms with van der Waals surface area (Å²) in [5, 5.41) is 7.85. The minimum absolute atomic E-state index is 0.337. The van der Waals surface area contributed by atoms with Crippen molar-refractivity contribution in [2.45, 2.75) is 46.2 Å². The van der Waals surface area contributed by atoms with Gasteiger partial charge in [0.1, 0.15) is 0 Å².